The maximum atomic E-state index is 9.89. The van der Waals surface area contributed by atoms with Gasteiger partial charge in [0, 0.05) is 17.5 Å². The molecular formula is C16H22N2O2S2. The molecule has 1 aliphatic rings. The summed E-state index contributed by atoms with van der Waals surface area (Å²) in [6, 6.07) is 3.93. The number of aliphatic hydroxyl groups is 1. The summed E-state index contributed by atoms with van der Waals surface area (Å²) in [6.07, 6.45) is 2.08. The average Bonchev–Trinajstić information content (AvgIpc) is 3.17. The second-order valence-corrected chi connectivity index (χ2v) is 7.99. The van der Waals surface area contributed by atoms with Crippen molar-refractivity contribution in [2.24, 2.45) is 0 Å². The van der Waals surface area contributed by atoms with Crippen molar-refractivity contribution in [3.8, 4) is 10.8 Å². The zero-order valence-electron chi connectivity index (χ0n) is 13.0. The van der Waals surface area contributed by atoms with E-state index in [0.717, 1.165) is 53.1 Å². The van der Waals surface area contributed by atoms with E-state index in [9.17, 15) is 5.11 Å². The Morgan fingerprint density at radius 1 is 1.36 bits per heavy atom. The van der Waals surface area contributed by atoms with Gasteiger partial charge in [-0.1, -0.05) is 0 Å². The molecule has 0 spiro atoms. The molecule has 0 saturated carbocycles. The first-order valence-electron chi connectivity index (χ1n) is 7.54. The molecular weight excluding hydrogens is 316 g/mol. The lowest BCUT2D eigenvalue weighted by Gasteiger charge is -2.43. The molecule has 0 bridgehead atoms. The SMILES string of the molecule is Cc1ccc(-c2nc(CN(C)C3(CO)CCSCC3)cs2)o1. The van der Waals surface area contributed by atoms with Crippen LogP contribution >= 0.6 is 23.1 Å². The predicted molar refractivity (Wildman–Crippen MR) is 92.4 cm³/mol. The van der Waals surface area contributed by atoms with Crippen LogP contribution < -0.4 is 0 Å². The quantitative estimate of drug-likeness (QED) is 0.905. The molecule has 0 amide bonds. The molecule has 0 aromatic carbocycles. The first-order chi connectivity index (χ1) is 10.6. The fourth-order valence-corrected chi connectivity index (χ4v) is 4.89. The van der Waals surface area contributed by atoms with E-state index >= 15 is 0 Å². The third kappa shape index (κ3) is 3.25. The molecule has 4 nitrogen and oxygen atoms in total. The number of nitrogens with zero attached hydrogens (tertiary/aromatic N) is 2. The Morgan fingerprint density at radius 2 is 2.14 bits per heavy atom. The lowest BCUT2D eigenvalue weighted by molar-refractivity contribution is 0.0354. The number of hydrogen-bond acceptors (Lipinski definition) is 6. The van der Waals surface area contributed by atoms with E-state index in [1.54, 1.807) is 11.3 Å². The van der Waals surface area contributed by atoms with Gasteiger partial charge in [0.2, 0.25) is 0 Å². The van der Waals surface area contributed by atoms with Gasteiger partial charge in [-0.05, 0) is 50.5 Å². The van der Waals surface area contributed by atoms with E-state index in [0.29, 0.717) is 0 Å². The molecule has 0 atom stereocenters. The van der Waals surface area contributed by atoms with E-state index < -0.39 is 0 Å². The summed E-state index contributed by atoms with van der Waals surface area (Å²) in [5, 5.41) is 12.9. The molecule has 6 heteroatoms. The third-order valence-electron chi connectivity index (χ3n) is 4.43. The van der Waals surface area contributed by atoms with Crippen LogP contribution in [0.5, 0.6) is 0 Å². The van der Waals surface area contributed by atoms with Crippen LogP contribution in [0.15, 0.2) is 21.9 Å². The molecule has 120 valence electrons. The molecule has 22 heavy (non-hydrogen) atoms. The van der Waals surface area contributed by atoms with Gasteiger partial charge in [0.05, 0.1) is 12.3 Å². The third-order valence-corrected chi connectivity index (χ3v) is 6.32. The van der Waals surface area contributed by atoms with Crippen LogP contribution in [-0.4, -0.2) is 45.7 Å². The van der Waals surface area contributed by atoms with Crippen molar-refractivity contribution in [2.45, 2.75) is 31.8 Å². The minimum atomic E-state index is -0.0870. The zero-order chi connectivity index (χ0) is 15.6. The van der Waals surface area contributed by atoms with Gasteiger partial charge in [0.15, 0.2) is 10.8 Å². The van der Waals surface area contributed by atoms with E-state index in [2.05, 4.69) is 17.3 Å². The van der Waals surface area contributed by atoms with Crippen LogP contribution in [0.2, 0.25) is 0 Å². The van der Waals surface area contributed by atoms with Crippen molar-refractivity contribution >= 4 is 23.1 Å². The van der Waals surface area contributed by atoms with Crippen molar-refractivity contribution in [2.75, 3.05) is 25.2 Å². The van der Waals surface area contributed by atoms with Gasteiger partial charge in [-0.2, -0.15) is 11.8 Å². The number of aromatic nitrogens is 1. The topological polar surface area (TPSA) is 49.5 Å². The van der Waals surface area contributed by atoms with Gasteiger partial charge in [-0.15, -0.1) is 11.3 Å². The highest BCUT2D eigenvalue weighted by molar-refractivity contribution is 7.99. The molecule has 0 aliphatic carbocycles. The number of aryl methyl sites for hydroxylation is 1. The summed E-state index contributed by atoms with van der Waals surface area (Å²) in [6.45, 7) is 2.93. The molecule has 1 N–H and O–H groups in total. The lowest BCUT2D eigenvalue weighted by Crippen LogP contribution is -2.51. The van der Waals surface area contributed by atoms with Crippen molar-refractivity contribution in [1.29, 1.82) is 0 Å². The number of hydrogen-bond donors (Lipinski definition) is 1. The Bertz CT molecular complexity index is 617. The highest BCUT2D eigenvalue weighted by Crippen LogP contribution is 2.33. The standard InChI is InChI=1S/C16H22N2O2S2/c1-12-3-4-14(20-12)15-17-13(10-22-15)9-18(2)16(11-19)5-7-21-8-6-16/h3-4,10,19H,5-9,11H2,1-2H3. The van der Waals surface area contributed by atoms with Crippen LogP contribution in [0.3, 0.4) is 0 Å². The number of thioether (sulfide) groups is 1. The average molecular weight is 338 g/mol. The monoisotopic (exact) mass is 338 g/mol. The maximum Gasteiger partial charge on any atom is 0.162 e. The molecule has 2 aromatic heterocycles. The number of furan rings is 1. The smallest absolute Gasteiger partial charge is 0.162 e. The van der Waals surface area contributed by atoms with Gasteiger partial charge >= 0.3 is 0 Å². The summed E-state index contributed by atoms with van der Waals surface area (Å²) < 4.78 is 5.64. The number of likely N-dealkylation sites (N-methyl/N-ethyl adjacent to an activating group) is 1. The molecule has 1 saturated heterocycles. The van der Waals surface area contributed by atoms with E-state index in [-0.39, 0.29) is 12.1 Å². The Labute approximate surface area is 139 Å². The zero-order valence-corrected chi connectivity index (χ0v) is 14.7. The largest absolute Gasteiger partial charge is 0.459 e. The summed E-state index contributed by atoms with van der Waals surface area (Å²) in [7, 11) is 2.10. The Morgan fingerprint density at radius 3 is 2.77 bits per heavy atom. The van der Waals surface area contributed by atoms with E-state index in [4.69, 9.17) is 9.40 Å². The minimum Gasteiger partial charge on any atom is -0.459 e. The summed E-state index contributed by atoms with van der Waals surface area (Å²) in [5.41, 5.74) is 0.957. The Hall–Kier alpha value is -0.820. The lowest BCUT2D eigenvalue weighted by atomic mass is 9.91. The van der Waals surface area contributed by atoms with Gasteiger partial charge in [0.1, 0.15) is 5.76 Å². The van der Waals surface area contributed by atoms with Gasteiger partial charge in [-0.25, -0.2) is 4.98 Å². The maximum absolute atomic E-state index is 9.89. The van der Waals surface area contributed by atoms with Crippen LogP contribution in [0, 0.1) is 6.92 Å². The Balaban J connectivity index is 1.71. The summed E-state index contributed by atoms with van der Waals surface area (Å²) >= 11 is 3.59. The summed E-state index contributed by atoms with van der Waals surface area (Å²) in [5.74, 6) is 3.99. The fourth-order valence-electron chi connectivity index (χ4n) is 2.86. The van der Waals surface area contributed by atoms with E-state index in [1.165, 1.54) is 0 Å². The van der Waals surface area contributed by atoms with Crippen LogP contribution in [0.4, 0.5) is 0 Å². The van der Waals surface area contributed by atoms with E-state index in [1.807, 2.05) is 30.8 Å². The first-order valence-corrected chi connectivity index (χ1v) is 9.57. The highest BCUT2D eigenvalue weighted by Gasteiger charge is 2.35. The predicted octanol–water partition coefficient (Wildman–Crippen LogP) is 3.40. The normalized spacial score (nSPS) is 18.0. The highest BCUT2D eigenvalue weighted by atomic mass is 32.2. The van der Waals surface area contributed by atoms with Crippen LogP contribution in [-0.2, 0) is 6.54 Å². The minimum absolute atomic E-state index is 0.0870. The van der Waals surface area contributed by atoms with Gasteiger partial charge in [-0.3, -0.25) is 4.90 Å². The van der Waals surface area contributed by atoms with Gasteiger partial charge < -0.3 is 9.52 Å². The molecule has 1 aliphatic heterocycles. The van der Waals surface area contributed by atoms with Crippen molar-refractivity contribution in [3.05, 3.63) is 29.0 Å². The molecule has 3 heterocycles. The number of aliphatic hydroxyl groups excluding tert-OH is 1. The second kappa shape index (κ2) is 6.74. The van der Waals surface area contributed by atoms with Crippen molar-refractivity contribution in [3.63, 3.8) is 0 Å². The number of thiazole rings is 1. The van der Waals surface area contributed by atoms with Crippen molar-refractivity contribution in [1.82, 2.24) is 9.88 Å². The molecule has 1 fully saturated rings. The number of rotatable bonds is 5. The molecule has 0 radical (unpaired) electrons. The molecule has 3 rings (SSSR count). The molecule has 0 unspecified atom stereocenters. The fraction of sp³-hybridized carbons (Fsp3) is 0.562. The van der Waals surface area contributed by atoms with Gasteiger partial charge in [0.25, 0.3) is 0 Å². The Kier molecular flexibility index (Phi) is 4.92. The first kappa shape index (κ1) is 16.1. The second-order valence-electron chi connectivity index (χ2n) is 5.91. The summed E-state index contributed by atoms with van der Waals surface area (Å²) in [4.78, 5) is 6.97. The van der Waals surface area contributed by atoms with Crippen LogP contribution in [0.25, 0.3) is 10.8 Å². The van der Waals surface area contributed by atoms with Crippen LogP contribution in [0.1, 0.15) is 24.3 Å². The molecule has 2 aromatic rings. The van der Waals surface area contributed by atoms with Crippen molar-refractivity contribution < 1.29 is 9.52 Å².